The minimum absolute atomic E-state index is 0.0274. The van der Waals surface area contributed by atoms with Gasteiger partial charge in [-0.25, -0.2) is 4.79 Å². The Morgan fingerprint density at radius 1 is 1.50 bits per heavy atom. The summed E-state index contributed by atoms with van der Waals surface area (Å²) in [6, 6.07) is 1.44. The Hall–Kier alpha value is -1.55. The number of halogens is 1. The molecule has 1 unspecified atom stereocenters. The number of ether oxygens (including phenoxy) is 1. The highest BCUT2D eigenvalue weighted by molar-refractivity contribution is 9.10. The zero-order chi connectivity index (χ0) is 15.5. The van der Waals surface area contributed by atoms with E-state index in [1.54, 1.807) is 20.8 Å². The molecule has 110 valence electrons. The molecule has 0 aliphatic carbocycles. The van der Waals surface area contributed by atoms with Crippen LogP contribution in [0.1, 0.15) is 52.2 Å². The molecule has 0 bridgehead atoms. The molecule has 1 atom stereocenters. The summed E-state index contributed by atoms with van der Waals surface area (Å²) in [5.74, 6) is 0.300. The predicted molar refractivity (Wildman–Crippen MR) is 75.9 cm³/mol. The van der Waals surface area contributed by atoms with Gasteiger partial charge in [0.2, 0.25) is 10.6 Å². The number of nitriles is 1. The van der Waals surface area contributed by atoms with Crippen molar-refractivity contribution < 1.29 is 13.9 Å². The molecule has 0 saturated carbocycles. The van der Waals surface area contributed by atoms with Gasteiger partial charge >= 0.3 is 6.09 Å². The average Bonchev–Trinajstić information content (AvgIpc) is 2.64. The van der Waals surface area contributed by atoms with Crippen LogP contribution in [-0.4, -0.2) is 16.7 Å². The van der Waals surface area contributed by atoms with Gasteiger partial charge in [0.1, 0.15) is 17.7 Å². The van der Waals surface area contributed by atoms with E-state index in [-0.39, 0.29) is 22.2 Å². The van der Waals surface area contributed by atoms with Gasteiger partial charge in [-0.05, 0) is 42.6 Å². The third-order valence-corrected chi connectivity index (χ3v) is 2.85. The van der Waals surface area contributed by atoms with E-state index in [4.69, 9.17) is 14.4 Å². The number of hydrogen-bond acceptors (Lipinski definition) is 5. The number of nitrogens with zero attached hydrogens (tertiary/aromatic N) is 2. The van der Waals surface area contributed by atoms with Crippen molar-refractivity contribution in [1.82, 2.24) is 10.3 Å². The highest BCUT2D eigenvalue weighted by Crippen LogP contribution is 2.26. The van der Waals surface area contributed by atoms with Crippen molar-refractivity contribution >= 4 is 22.0 Å². The van der Waals surface area contributed by atoms with Gasteiger partial charge in [-0.2, -0.15) is 10.2 Å². The van der Waals surface area contributed by atoms with Crippen LogP contribution >= 0.6 is 15.9 Å². The van der Waals surface area contributed by atoms with Crippen LogP contribution in [0, 0.1) is 17.2 Å². The molecule has 1 amide bonds. The first-order valence-electron chi connectivity index (χ1n) is 6.20. The first-order chi connectivity index (χ1) is 9.14. The molecule has 1 rings (SSSR count). The second-order valence-electron chi connectivity index (χ2n) is 5.65. The summed E-state index contributed by atoms with van der Waals surface area (Å²) in [5, 5.41) is 11.6. The fourth-order valence-electron chi connectivity index (χ4n) is 1.47. The average molecular weight is 344 g/mol. The Kier molecular flexibility index (Phi) is 5.17. The summed E-state index contributed by atoms with van der Waals surface area (Å²) in [6.45, 7) is 9.17. The van der Waals surface area contributed by atoms with Gasteiger partial charge in [-0.1, -0.05) is 13.8 Å². The van der Waals surface area contributed by atoms with E-state index in [0.29, 0.717) is 0 Å². The number of nitrogens with one attached hydrogen (secondary N) is 1. The molecule has 0 aliphatic heterocycles. The second-order valence-corrected chi connectivity index (χ2v) is 6.37. The number of carbonyl (C=O) groups is 1. The third-order valence-electron chi connectivity index (χ3n) is 2.31. The van der Waals surface area contributed by atoms with Crippen LogP contribution in [0.25, 0.3) is 0 Å². The standard InChI is InChI=1S/C13H18BrN3O3/c1-7(2)9(17-12(18)20-13(3,4)5)11-16-8(6-15)10(14)19-11/h7,9H,1-5H3,(H,17,18). The molecule has 0 fully saturated rings. The maximum Gasteiger partial charge on any atom is 0.408 e. The van der Waals surface area contributed by atoms with Crippen molar-refractivity contribution in [1.29, 1.82) is 5.26 Å². The van der Waals surface area contributed by atoms with Crippen LogP contribution in [0.2, 0.25) is 0 Å². The van der Waals surface area contributed by atoms with Gasteiger partial charge in [0.05, 0.1) is 0 Å². The number of alkyl carbamates (subject to hydrolysis) is 1. The Labute approximate surface area is 126 Å². The maximum atomic E-state index is 11.8. The first kappa shape index (κ1) is 16.5. The number of amides is 1. The summed E-state index contributed by atoms with van der Waals surface area (Å²) in [7, 11) is 0. The van der Waals surface area contributed by atoms with Gasteiger partial charge in [-0.15, -0.1) is 0 Å². The van der Waals surface area contributed by atoms with Gasteiger partial charge in [-0.3, -0.25) is 0 Å². The molecule has 0 radical (unpaired) electrons. The lowest BCUT2D eigenvalue weighted by atomic mass is 10.0. The molecule has 7 heteroatoms. The van der Waals surface area contributed by atoms with Crippen LogP contribution in [0.5, 0.6) is 0 Å². The van der Waals surface area contributed by atoms with Crippen molar-refractivity contribution in [2.75, 3.05) is 0 Å². The molecular weight excluding hydrogens is 326 g/mol. The van der Waals surface area contributed by atoms with Crippen molar-refractivity contribution in [2.45, 2.75) is 46.3 Å². The quantitative estimate of drug-likeness (QED) is 0.906. The van der Waals surface area contributed by atoms with E-state index in [1.165, 1.54) is 0 Å². The van der Waals surface area contributed by atoms with Gasteiger partial charge < -0.3 is 14.5 Å². The van der Waals surface area contributed by atoms with Gasteiger partial charge in [0.25, 0.3) is 0 Å². The highest BCUT2D eigenvalue weighted by atomic mass is 79.9. The molecular formula is C13H18BrN3O3. The first-order valence-corrected chi connectivity index (χ1v) is 6.99. The predicted octanol–water partition coefficient (Wildman–Crippen LogP) is 3.53. The molecule has 1 aromatic rings. The van der Waals surface area contributed by atoms with Crippen molar-refractivity contribution in [3.63, 3.8) is 0 Å². The topological polar surface area (TPSA) is 88.1 Å². The SMILES string of the molecule is CC(C)C(NC(=O)OC(C)(C)C)c1nc(C#N)c(Br)o1. The Bertz CT molecular complexity index is 526. The summed E-state index contributed by atoms with van der Waals surface area (Å²) >= 11 is 3.11. The molecule has 1 aromatic heterocycles. The second kappa shape index (κ2) is 6.27. The van der Waals surface area contributed by atoms with E-state index >= 15 is 0 Å². The molecule has 0 saturated heterocycles. The summed E-state index contributed by atoms with van der Waals surface area (Å²) < 4.78 is 10.8. The maximum absolute atomic E-state index is 11.8. The molecule has 6 nitrogen and oxygen atoms in total. The number of rotatable bonds is 3. The fourth-order valence-corrected chi connectivity index (χ4v) is 1.81. The fraction of sp³-hybridized carbons (Fsp3) is 0.615. The normalized spacial score (nSPS) is 12.9. The summed E-state index contributed by atoms with van der Waals surface area (Å²) in [5.41, 5.74) is -0.433. The van der Waals surface area contributed by atoms with Crippen molar-refractivity contribution in [3.8, 4) is 6.07 Å². The van der Waals surface area contributed by atoms with E-state index in [0.717, 1.165) is 0 Å². The van der Waals surface area contributed by atoms with Crippen LogP contribution in [-0.2, 0) is 4.74 Å². The van der Waals surface area contributed by atoms with Crippen molar-refractivity contribution in [3.05, 3.63) is 16.3 Å². The number of carbonyl (C=O) groups excluding carboxylic acids is 1. The summed E-state index contributed by atoms with van der Waals surface area (Å²) in [6.07, 6.45) is -0.552. The molecule has 0 aliphatic rings. The Balaban J connectivity index is 2.90. The van der Waals surface area contributed by atoms with E-state index in [1.807, 2.05) is 19.9 Å². The molecule has 0 aromatic carbocycles. The lowest BCUT2D eigenvalue weighted by Crippen LogP contribution is -2.37. The zero-order valence-electron chi connectivity index (χ0n) is 12.2. The zero-order valence-corrected chi connectivity index (χ0v) is 13.7. The number of hydrogen-bond donors (Lipinski definition) is 1. The van der Waals surface area contributed by atoms with E-state index < -0.39 is 17.7 Å². The monoisotopic (exact) mass is 343 g/mol. The molecule has 1 N–H and O–H groups in total. The van der Waals surface area contributed by atoms with Crippen LogP contribution in [0.3, 0.4) is 0 Å². The highest BCUT2D eigenvalue weighted by Gasteiger charge is 2.27. The third kappa shape index (κ3) is 4.53. The van der Waals surface area contributed by atoms with Crippen LogP contribution in [0.15, 0.2) is 9.09 Å². The lowest BCUT2D eigenvalue weighted by molar-refractivity contribution is 0.0478. The molecule has 0 spiro atoms. The van der Waals surface area contributed by atoms with Crippen LogP contribution < -0.4 is 5.32 Å². The Morgan fingerprint density at radius 3 is 2.50 bits per heavy atom. The van der Waals surface area contributed by atoms with E-state index in [2.05, 4.69) is 26.2 Å². The van der Waals surface area contributed by atoms with Crippen molar-refractivity contribution in [2.24, 2.45) is 5.92 Å². The van der Waals surface area contributed by atoms with Gasteiger partial charge in [0.15, 0.2) is 5.69 Å². The smallest absolute Gasteiger partial charge is 0.408 e. The largest absolute Gasteiger partial charge is 0.444 e. The van der Waals surface area contributed by atoms with Gasteiger partial charge in [0, 0.05) is 0 Å². The molecule has 20 heavy (non-hydrogen) atoms. The number of aromatic nitrogens is 1. The van der Waals surface area contributed by atoms with Crippen LogP contribution in [0.4, 0.5) is 4.79 Å². The minimum atomic E-state index is -0.583. The van der Waals surface area contributed by atoms with E-state index in [9.17, 15) is 4.79 Å². The summed E-state index contributed by atoms with van der Waals surface area (Å²) in [4.78, 5) is 15.9. The molecule has 1 heterocycles. The minimum Gasteiger partial charge on any atom is -0.444 e. The number of oxazole rings is 1. The lowest BCUT2D eigenvalue weighted by Gasteiger charge is -2.23. The Morgan fingerprint density at radius 2 is 2.10 bits per heavy atom.